The van der Waals surface area contributed by atoms with Crippen molar-refractivity contribution >= 4 is 23.4 Å². The van der Waals surface area contributed by atoms with Gasteiger partial charge in [0.15, 0.2) is 12.1 Å². The van der Waals surface area contributed by atoms with E-state index in [9.17, 15) is 19.8 Å². The molecule has 6 nitrogen and oxygen atoms in total. The molecule has 22 heavy (non-hydrogen) atoms. The molecule has 2 aromatic rings. The molecule has 0 spiro atoms. The van der Waals surface area contributed by atoms with Gasteiger partial charge < -0.3 is 26.5 Å². The maximum Gasteiger partial charge on any atom is 0.195 e. The molecule has 2 aromatic carbocycles. The van der Waals surface area contributed by atoms with E-state index in [4.69, 9.17) is 11.5 Å². The Balaban J connectivity index is 2.50. The molecule has 0 saturated carbocycles. The van der Waals surface area contributed by atoms with E-state index in [1.165, 1.54) is 6.07 Å². The number of carbonyl (C=O) groups excluding carboxylic acids is 2. The molecule has 0 aliphatic carbocycles. The summed E-state index contributed by atoms with van der Waals surface area (Å²) in [5.74, 6) is -0.779. The highest BCUT2D eigenvalue weighted by molar-refractivity contribution is 6.06. The summed E-state index contributed by atoms with van der Waals surface area (Å²) in [6, 6.07) is 11.4. The molecule has 0 amide bonds. The van der Waals surface area contributed by atoms with Gasteiger partial charge in [-0.05, 0) is 35.4 Å². The molecule has 114 valence electrons. The van der Waals surface area contributed by atoms with Crippen LogP contribution < -0.4 is 11.5 Å². The van der Waals surface area contributed by atoms with Gasteiger partial charge in [-0.15, -0.1) is 0 Å². The molecule has 0 radical (unpaired) electrons. The van der Waals surface area contributed by atoms with E-state index in [0.29, 0.717) is 22.5 Å². The predicted molar refractivity (Wildman–Crippen MR) is 83.1 cm³/mol. The highest BCUT2D eigenvalue weighted by atomic mass is 16.3. The normalized spacial score (nSPS) is 13.4. The SMILES string of the molecule is Nc1ccc(-c2ccc(N)cc2C(=O)C(O)C(O)C=O)cc1. The number of carbonyl (C=O) groups is 2. The van der Waals surface area contributed by atoms with Crippen LogP contribution in [0, 0.1) is 0 Å². The summed E-state index contributed by atoms with van der Waals surface area (Å²) >= 11 is 0. The molecule has 2 atom stereocenters. The van der Waals surface area contributed by atoms with Gasteiger partial charge in [-0.25, -0.2) is 0 Å². The number of aldehydes is 1. The zero-order valence-electron chi connectivity index (χ0n) is 11.6. The number of benzene rings is 2. The third kappa shape index (κ3) is 3.13. The Morgan fingerprint density at radius 3 is 2.18 bits per heavy atom. The summed E-state index contributed by atoms with van der Waals surface area (Å²) in [6.07, 6.45) is -3.52. The average Bonchev–Trinajstić information content (AvgIpc) is 2.53. The van der Waals surface area contributed by atoms with E-state index < -0.39 is 18.0 Å². The predicted octanol–water partition coefficient (Wildman–Crippen LogP) is 0.621. The van der Waals surface area contributed by atoms with Crippen LogP contribution in [0.3, 0.4) is 0 Å². The molecule has 6 heteroatoms. The first-order valence-corrected chi connectivity index (χ1v) is 6.55. The fraction of sp³-hybridized carbons (Fsp3) is 0.125. The highest BCUT2D eigenvalue weighted by Crippen LogP contribution is 2.27. The summed E-state index contributed by atoms with van der Waals surface area (Å²) in [5.41, 5.74) is 13.6. The molecule has 0 bridgehead atoms. The Bertz CT molecular complexity index is 698. The van der Waals surface area contributed by atoms with Crippen molar-refractivity contribution in [2.24, 2.45) is 0 Å². The Morgan fingerprint density at radius 1 is 1.00 bits per heavy atom. The molecular weight excluding hydrogens is 284 g/mol. The van der Waals surface area contributed by atoms with Crippen LogP contribution in [0.15, 0.2) is 42.5 Å². The van der Waals surface area contributed by atoms with Gasteiger partial charge in [0.25, 0.3) is 0 Å². The number of aliphatic hydroxyl groups excluding tert-OH is 2. The zero-order chi connectivity index (χ0) is 16.3. The molecule has 0 saturated heterocycles. The molecule has 0 heterocycles. The summed E-state index contributed by atoms with van der Waals surface area (Å²) in [4.78, 5) is 22.8. The first kappa shape index (κ1) is 15.7. The Hall–Kier alpha value is -2.70. The second-order valence-electron chi connectivity index (χ2n) is 4.86. The number of Topliss-reactive ketones (excluding diaryl/α,β-unsaturated/α-hetero) is 1. The maximum atomic E-state index is 12.3. The van der Waals surface area contributed by atoms with Crippen molar-refractivity contribution < 1.29 is 19.8 Å². The number of ketones is 1. The van der Waals surface area contributed by atoms with Crippen LogP contribution >= 0.6 is 0 Å². The van der Waals surface area contributed by atoms with E-state index in [1.54, 1.807) is 36.4 Å². The van der Waals surface area contributed by atoms with Gasteiger partial charge in [-0.2, -0.15) is 0 Å². The van der Waals surface area contributed by atoms with Gasteiger partial charge in [0.2, 0.25) is 0 Å². The van der Waals surface area contributed by atoms with Crippen molar-refractivity contribution in [2.75, 3.05) is 11.5 Å². The number of nitrogens with two attached hydrogens (primary N) is 2. The van der Waals surface area contributed by atoms with E-state index in [1.807, 2.05) is 0 Å². The zero-order valence-corrected chi connectivity index (χ0v) is 11.6. The van der Waals surface area contributed by atoms with Gasteiger partial charge in [-0.1, -0.05) is 18.2 Å². The van der Waals surface area contributed by atoms with Crippen LogP contribution in [-0.2, 0) is 4.79 Å². The average molecular weight is 300 g/mol. The minimum absolute atomic E-state index is 0.109. The van der Waals surface area contributed by atoms with Crippen molar-refractivity contribution in [1.82, 2.24) is 0 Å². The van der Waals surface area contributed by atoms with Gasteiger partial charge in [-0.3, -0.25) is 4.79 Å². The van der Waals surface area contributed by atoms with Crippen molar-refractivity contribution in [2.45, 2.75) is 12.2 Å². The van der Waals surface area contributed by atoms with E-state index in [0.717, 1.165) is 0 Å². The number of hydrogen-bond donors (Lipinski definition) is 4. The van der Waals surface area contributed by atoms with Crippen LogP contribution in [-0.4, -0.2) is 34.5 Å². The lowest BCUT2D eigenvalue weighted by atomic mass is 9.93. The lowest BCUT2D eigenvalue weighted by Crippen LogP contribution is -2.35. The van der Waals surface area contributed by atoms with E-state index >= 15 is 0 Å². The summed E-state index contributed by atoms with van der Waals surface area (Å²) in [7, 11) is 0. The Morgan fingerprint density at radius 2 is 1.59 bits per heavy atom. The molecule has 2 unspecified atom stereocenters. The Kier molecular flexibility index (Phi) is 4.55. The monoisotopic (exact) mass is 300 g/mol. The molecule has 0 aliphatic rings. The smallest absolute Gasteiger partial charge is 0.195 e. The number of rotatable bonds is 5. The largest absolute Gasteiger partial charge is 0.399 e. The van der Waals surface area contributed by atoms with E-state index in [2.05, 4.69) is 0 Å². The highest BCUT2D eigenvalue weighted by Gasteiger charge is 2.27. The number of hydrogen-bond acceptors (Lipinski definition) is 6. The minimum atomic E-state index is -1.84. The fourth-order valence-corrected chi connectivity index (χ4v) is 2.07. The minimum Gasteiger partial charge on any atom is -0.399 e. The first-order chi connectivity index (χ1) is 10.4. The van der Waals surface area contributed by atoms with Gasteiger partial charge in [0.05, 0.1) is 0 Å². The molecule has 0 aliphatic heterocycles. The molecule has 0 fully saturated rings. The van der Waals surface area contributed by atoms with Crippen molar-refractivity contribution in [3.63, 3.8) is 0 Å². The lowest BCUT2D eigenvalue weighted by molar-refractivity contribution is -0.118. The van der Waals surface area contributed by atoms with Crippen LogP contribution in [0.5, 0.6) is 0 Å². The van der Waals surface area contributed by atoms with Gasteiger partial charge in [0.1, 0.15) is 12.2 Å². The van der Waals surface area contributed by atoms with Gasteiger partial charge >= 0.3 is 0 Å². The van der Waals surface area contributed by atoms with Crippen molar-refractivity contribution in [3.05, 3.63) is 48.0 Å². The summed E-state index contributed by atoms with van der Waals surface area (Å²) in [5, 5.41) is 19.1. The summed E-state index contributed by atoms with van der Waals surface area (Å²) in [6.45, 7) is 0. The van der Waals surface area contributed by atoms with Gasteiger partial charge in [0, 0.05) is 16.9 Å². The van der Waals surface area contributed by atoms with Crippen LogP contribution in [0.4, 0.5) is 11.4 Å². The van der Waals surface area contributed by atoms with E-state index in [-0.39, 0.29) is 11.8 Å². The first-order valence-electron chi connectivity index (χ1n) is 6.55. The lowest BCUT2D eigenvalue weighted by Gasteiger charge is -2.15. The number of aliphatic hydroxyl groups is 2. The maximum absolute atomic E-state index is 12.3. The Labute approximate surface area is 127 Å². The standard InChI is InChI=1S/C16H16N2O4/c17-10-3-1-9(2-4-10)12-6-5-11(18)7-13(12)15(21)16(22)14(20)8-19/h1-8,14,16,20,22H,17-18H2. The quantitative estimate of drug-likeness (QED) is 0.364. The number of nitrogen functional groups attached to an aromatic ring is 2. The molecule has 2 rings (SSSR count). The van der Waals surface area contributed by atoms with Crippen LogP contribution in [0.25, 0.3) is 11.1 Å². The summed E-state index contributed by atoms with van der Waals surface area (Å²) < 4.78 is 0. The third-order valence-electron chi connectivity index (χ3n) is 3.26. The second-order valence-corrected chi connectivity index (χ2v) is 4.86. The third-order valence-corrected chi connectivity index (χ3v) is 3.26. The fourth-order valence-electron chi connectivity index (χ4n) is 2.07. The van der Waals surface area contributed by atoms with Crippen molar-refractivity contribution in [1.29, 1.82) is 0 Å². The van der Waals surface area contributed by atoms with Crippen molar-refractivity contribution in [3.8, 4) is 11.1 Å². The number of anilines is 2. The molecule has 6 N–H and O–H groups in total. The topological polar surface area (TPSA) is 127 Å². The van der Waals surface area contributed by atoms with Crippen LogP contribution in [0.1, 0.15) is 10.4 Å². The molecular formula is C16H16N2O4. The second kappa shape index (κ2) is 6.38. The van der Waals surface area contributed by atoms with Crippen LogP contribution in [0.2, 0.25) is 0 Å². The molecule has 0 aromatic heterocycles.